The van der Waals surface area contributed by atoms with Gasteiger partial charge in [-0.05, 0) is 42.5 Å². The molecule has 0 atom stereocenters. The van der Waals surface area contributed by atoms with Crippen molar-refractivity contribution in [3.8, 4) is 17.2 Å². The van der Waals surface area contributed by atoms with E-state index in [2.05, 4.69) is 21.6 Å². The van der Waals surface area contributed by atoms with E-state index in [4.69, 9.17) is 9.73 Å². The minimum atomic E-state index is -0.625. The summed E-state index contributed by atoms with van der Waals surface area (Å²) in [5.41, 5.74) is 2.75. The number of hydrogen-bond donors (Lipinski definition) is 2. The highest BCUT2D eigenvalue weighted by atomic mass is 19.1. The van der Waals surface area contributed by atoms with Crippen molar-refractivity contribution in [3.05, 3.63) is 59.6 Å². The fourth-order valence-corrected chi connectivity index (χ4v) is 5.06. The first kappa shape index (κ1) is 24.0. The van der Waals surface area contributed by atoms with Gasteiger partial charge in [-0.15, -0.1) is 0 Å². The molecule has 2 N–H and O–H groups in total. The first-order valence-electron chi connectivity index (χ1n) is 12.7. The van der Waals surface area contributed by atoms with Crippen LogP contribution in [0.25, 0.3) is 11.1 Å². The Balaban J connectivity index is 1.49. The number of hydrogen-bond acceptors (Lipinski definition) is 7. The number of nitriles is 1. The minimum absolute atomic E-state index is 0.0769. The maximum atomic E-state index is 14.4. The normalized spacial score (nSPS) is 19.4. The summed E-state index contributed by atoms with van der Waals surface area (Å²) in [4.78, 5) is 20.0. The summed E-state index contributed by atoms with van der Waals surface area (Å²) < 4.78 is 20.0. The first-order valence-corrected chi connectivity index (χ1v) is 12.7. The molecule has 7 nitrogen and oxygen atoms in total. The van der Waals surface area contributed by atoms with Gasteiger partial charge in [-0.3, -0.25) is 0 Å². The largest absolute Gasteiger partial charge is 0.461 e. The molecule has 2 aromatic carbocycles. The van der Waals surface area contributed by atoms with Crippen LogP contribution in [0.15, 0.2) is 58.7 Å². The van der Waals surface area contributed by atoms with Crippen LogP contribution in [-0.4, -0.2) is 49.5 Å². The van der Waals surface area contributed by atoms with Crippen molar-refractivity contribution in [2.45, 2.75) is 32.1 Å². The van der Waals surface area contributed by atoms with Gasteiger partial charge in [-0.2, -0.15) is 5.26 Å². The summed E-state index contributed by atoms with van der Waals surface area (Å²) in [6, 6.07) is 14.1. The number of rotatable bonds is 4. The van der Waals surface area contributed by atoms with Crippen molar-refractivity contribution < 1.29 is 13.9 Å². The Bertz CT molecular complexity index is 1240. The number of nitrogens with zero attached hydrogens (tertiary/aromatic N) is 3. The summed E-state index contributed by atoms with van der Waals surface area (Å²) in [6.07, 6.45) is 5.64. The lowest BCUT2D eigenvalue weighted by Gasteiger charge is -2.34. The zero-order valence-electron chi connectivity index (χ0n) is 20.2. The number of esters is 1. The summed E-state index contributed by atoms with van der Waals surface area (Å²) >= 11 is 0. The second kappa shape index (κ2) is 10.9. The quantitative estimate of drug-likeness (QED) is 0.367. The van der Waals surface area contributed by atoms with Crippen LogP contribution >= 0.6 is 0 Å². The summed E-state index contributed by atoms with van der Waals surface area (Å²) in [6.45, 7) is 3.23. The summed E-state index contributed by atoms with van der Waals surface area (Å²) in [7, 11) is 0. The maximum Gasteiger partial charge on any atom is 0.351 e. The van der Waals surface area contributed by atoms with Crippen molar-refractivity contribution in [3.63, 3.8) is 0 Å². The van der Waals surface area contributed by atoms with E-state index in [0.717, 1.165) is 38.8 Å². The van der Waals surface area contributed by atoms with Gasteiger partial charge >= 0.3 is 5.97 Å². The van der Waals surface area contributed by atoms with Gasteiger partial charge < -0.3 is 20.3 Å². The average molecular weight is 488 g/mol. The molecular formula is C28H30FN5O2. The summed E-state index contributed by atoms with van der Waals surface area (Å²) in [5, 5.41) is 16.6. The van der Waals surface area contributed by atoms with E-state index in [1.165, 1.54) is 12.5 Å². The molecule has 5 rings (SSSR count). The molecular weight excluding hydrogens is 457 g/mol. The molecule has 36 heavy (non-hydrogen) atoms. The van der Waals surface area contributed by atoms with Gasteiger partial charge in [0.25, 0.3) is 0 Å². The molecule has 186 valence electrons. The van der Waals surface area contributed by atoms with E-state index in [9.17, 15) is 14.4 Å². The first-order chi connectivity index (χ1) is 17.6. The van der Waals surface area contributed by atoms with Crippen LogP contribution in [0.3, 0.4) is 0 Å². The van der Waals surface area contributed by atoms with E-state index >= 15 is 0 Å². The lowest BCUT2D eigenvalue weighted by Crippen LogP contribution is -2.48. The minimum Gasteiger partial charge on any atom is -0.461 e. The van der Waals surface area contributed by atoms with Crippen molar-refractivity contribution in [1.82, 2.24) is 10.2 Å². The molecule has 0 amide bonds. The van der Waals surface area contributed by atoms with Crippen molar-refractivity contribution in [1.29, 1.82) is 5.26 Å². The molecule has 8 heteroatoms. The molecule has 2 fully saturated rings. The number of carbonyl (C=O) groups excluding carboxylic acids is 1. The molecule has 0 aromatic heterocycles. The van der Waals surface area contributed by atoms with Crippen LogP contribution in [0.1, 0.15) is 32.1 Å². The van der Waals surface area contributed by atoms with Crippen molar-refractivity contribution >= 4 is 23.2 Å². The van der Waals surface area contributed by atoms with Gasteiger partial charge in [0.1, 0.15) is 17.6 Å². The van der Waals surface area contributed by atoms with Gasteiger partial charge in [-0.1, -0.05) is 43.5 Å². The van der Waals surface area contributed by atoms with E-state index < -0.39 is 5.97 Å². The van der Waals surface area contributed by atoms with Crippen LogP contribution in [0.5, 0.6) is 0 Å². The topological polar surface area (TPSA) is 89.8 Å². The van der Waals surface area contributed by atoms with Crippen LogP contribution in [0, 0.1) is 23.1 Å². The average Bonchev–Trinajstić information content (AvgIpc) is 2.93. The molecule has 1 saturated carbocycles. The molecule has 0 bridgehead atoms. The highest BCUT2D eigenvalue weighted by Gasteiger charge is 2.30. The number of carbonyl (C=O) groups is 1. The zero-order chi connectivity index (χ0) is 24.9. The van der Waals surface area contributed by atoms with Gasteiger partial charge in [-0.25, -0.2) is 14.2 Å². The third-order valence-corrected chi connectivity index (χ3v) is 7.05. The van der Waals surface area contributed by atoms with Crippen LogP contribution in [0.2, 0.25) is 0 Å². The number of nitrogens with one attached hydrogen (secondary N) is 2. The van der Waals surface area contributed by atoms with Gasteiger partial charge in [0, 0.05) is 31.7 Å². The standard InChI is InChI=1S/C28H30FN5O2/c29-23-9-5-4-8-21(23)20-10-11-24-25(16-20)33-27(34-14-12-31-13-15-34)26(32-24)22(17-30)28(35)36-18-19-6-2-1-3-7-19/h4-5,8-11,16,19,31-32H,1-3,6-7,12-15,18H2. The number of benzene rings is 2. The SMILES string of the molecule is N#CC(C(=O)OCC1CCCCC1)=C1Nc2ccc(-c3ccccc3F)cc2N=C1N1CCNCC1. The number of piperazine rings is 1. The van der Waals surface area contributed by atoms with Gasteiger partial charge in [0.05, 0.1) is 18.0 Å². The van der Waals surface area contributed by atoms with Crippen LogP contribution in [0.4, 0.5) is 15.8 Å². The predicted octanol–water partition coefficient (Wildman–Crippen LogP) is 4.75. The highest BCUT2D eigenvalue weighted by molar-refractivity contribution is 6.12. The van der Waals surface area contributed by atoms with Crippen molar-refractivity contribution in [2.75, 3.05) is 38.1 Å². The zero-order valence-corrected chi connectivity index (χ0v) is 20.2. The Morgan fingerprint density at radius 1 is 1.14 bits per heavy atom. The molecule has 3 aliphatic rings. The molecule has 0 radical (unpaired) electrons. The predicted molar refractivity (Wildman–Crippen MR) is 137 cm³/mol. The molecule has 2 aliphatic heterocycles. The lowest BCUT2D eigenvalue weighted by molar-refractivity contribution is -0.140. The molecule has 1 saturated heterocycles. The monoisotopic (exact) mass is 487 g/mol. The number of fused-ring (bicyclic) bond motifs is 1. The second-order valence-electron chi connectivity index (χ2n) is 9.47. The van der Waals surface area contributed by atoms with Crippen LogP contribution < -0.4 is 10.6 Å². The third kappa shape index (κ3) is 5.12. The molecule has 0 spiro atoms. The fourth-order valence-electron chi connectivity index (χ4n) is 5.06. The third-order valence-electron chi connectivity index (χ3n) is 7.05. The Morgan fingerprint density at radius 3 is 2.67 bits per heavy atom. The Hall–Kier alpha value is -3.70. The molecule has 1 aliphatic carbocycles. The molecule has 2 aromatic rings. The lowest BCUT2D eigenvalue weighted by atomic mass is 9.90. The van der Waals surface area contributed by atoms with Gasteiger partial charge in [0.15, 0.2) is 11.4 Å². The number of aliphatic imine (C=N–C) groups is 1. The molecule has 0 unspecified atom stereocenters. The molecule has 2 heterocycles. The Morgan fingerprint density at radius 2 is 1.92 bits per heavy atom. The number of ether oxygens (including phenoxy) is 1. The maximum absolute atomic E-state index is 14.4. The Labute approximate surface area is 210 Å². The second-order valence-corrected chi connectivity index (χ2v) is 9.47. The van der Waals surface area contributed by atoms with E-state index in [1.54, 1.807) is 30.3 Å². The fraction of sp³-hybridized carbons (Fsp3) is 0.393. The van der Waals surface area contributed by atoms with Gasteiger partial charge in [0.2, 0.25) is 0 Å². The van der Waals surface area contributed by atoms with Crippen LogP contribution in [-0.2, 0) is 9.53 Å². The number of anilines is 1. The van der Waals surface area contributed by atoms with Crippen molar-refractivity contribution in [2.24, 2.45) is 10.9 Å². The van der Waals surface area contributed by atoms with E-state index in [1.807, 2.05) is 6.07 Å². The number of halogens is 1. The van der Waals surface area contributed by atoms with E-state index in [-0.39, 0.29) is 11.4 Å². The Kier molecular flexibility index (Phi) is 7.28. The smallest absolute Gasteiger partial charge is 0.351 e. The number of amidine groups is 1. The summed E-state index contributed by atoms with van der Waals surface area (Å²) in [5.74, 6) is -0.0490. The van der Waals surface area contributed by atoms with E-state index in [0.29, 0.717) is 59.6 Å². The highest BCUT2D eigenvalue weighted by Crippen LogP contribution is 2.37.